The molecule has 0 radical (unpaired) electrons. The van der Waals surface area contributed by atoms with Gasteiger partial charge in [0.2, 0.25) is 0 Å². The van der Waals surface area contributed by atoms with Gasteiger partial charge in [-0.1, -0.05) is 12.1 Å². The SMILES string of the molecule is N#Cc1ccc2c(-c3cc4c(CNCCCN)cccc4[nH]3)n[nH]c2c1. The first-order chi connectivity index (χ1) is 12.8. The topological polar surface area (TPSA) is 106 Å². The lowest BCUT2D eigenvalue weighted by molar-refractivity contribution is 0.657. The largest absolute Gasteiger partial charge is 0.353 e. The van der Waals surface area contributed by atoms with E-state index in [0.717, 1.165) is 47.3 Å². The van der Waals surface area contributed by atoms with Crippen molar-refractivity contribution in [2.45, 2.75) is 13.0 Å². The molecule has 5 N–H and O–H groups in total. The van der Waals surface area contributed by atoms with Crippen molar-refractivity contribution in [2.75, 3.05) is 13.1 Å². The van der Waals surface area contributed by atoms with E-state index in [1.165, 1.54) is 10.9 Å². The number of nitrogens with one attached hydrogen (secondary N) is 3. The zero-order valence-corrected chi connectivity index (χ0v) is 14.3. The Morgan fingerprint density at radius 2 is 2.04 bits per heavy atom. The van der Waals surface area contributed by atoms with Crippen molar-refractivity contribution in [1.82, 2.24) is 20.5 Å². The van der Waals surface area contributed by atoms with Crippen LogP contribution in [0.25, 0.3) is 33.2 Å². The average Bonchev–Trinajstić information content (AvgIpc) is 3.28. The molecule has 2 heterocycles. The van der Waals surface area contributed by atoms with Gasteiger partial charge in [-0.15, -0.1) is 0 Å². The number of H-pyrrole nitrogens is 2. The molecule has 0 bridgehead atoms. The fourth-order valence-corrected chi connectivity index (χ4v) is 3.24. The summed E-state index contributed by atoms with van der Waals surface area (Å²) < 4.78 is 0. The molecule has 0 amide bonds. The van der Waals surface area contributed by atoms with E-state index >= 15 is 0 Å². The standard InChI is InChI=1S/C20H20N6/c21-7-2-8-23-12-14-3-1-4-17-16(14)10-19(24-17)20-15-6-5-13(11-22)9-18(15)25-26-20/h1,3-6,9-10,23-24H,2,7-8,12,21H2,(H,25,26). The van der Waals surface area contributed by atoms with Gasteiger partial charge < -0.3 is 16.0 Å². The molecule has 26 heavy (non-hydrogen) atoms. The molecule has 0 aliphatic heterocycles. The molecule has 0 unspecified atom stereocenters. The molecule has 0 saturated heterocycles. The van der Waals surface area contributed by atoms with E-state index in [2.05, 4.69) is 50.8 Å². The minimum absolute atomic E-state index is 0.621. The predicted molar refractivity (Wildman–Crippen MR) is 103 cm³/mol. The number of nitriles is 1. The maximum atomic E-state index is 9.05. The number of aromatic amines is 2. The van der Waals surface area contributed by atoms with Gasteiger partial charge in [-0.05, 0) is 55.4 Å². The monoisotopic (exact) mass is 344 g/mol. The van der Waals surface area contributed by atoms with Gasteiger partial charge in [-0.25, -0.2) is 0 Å². The lowest BCUT2D eigenvalue weighted by Gasteiger charge is -2.05. The van der Waals surface area contributed by atoms with Crippen LogP contribution in [0.15, 0.2) is 42.5 Å². The minimum Gasteiger partial charge on any atom is -0.353 e. The number of fused-ring (bicyclic) bond motifs is 2. The molecule has 0 atom stereocenters. The third-order valence-corrected chi connectivity index (χ3v) is 4.57. The van der Waals surface area contributed by atoms with E-state index in [-0.39, 0.29) is 0 Å². The van der Waals surface area contributed by atoms with Gasteiger partial charge in [0.25, 0.3) is 0 Å². The third-order valence-electron chi connectivity index (χ3n) is 4.57. The molecule has 2 aromatic heterocycles. The van der Waals surface area contributed by atoms with Crippen LogP contribution in [0.5, 0.6) is 0 Å². The molecule has 0 saturated carbocycles. The zero-order chi connectivity index (χ0) is 17.9. The number of hydrogen-bond acceptors (Lipinski definition) is 4. The Morgan fingerprint density at radius 3 is 2.88 bits per heavy atom. The Labute approximate surface area is 151 Å². The fourth-order valence-electron chi connectivity index (χ4n) is 3.24. The van der Waals surface area contributed by atoms with E-state index < -0.39 is 0 Å². The number of hydrogen-bond donors (Lipinski definition) is 4. The smallest absolute Gasteiger partial charge is 0.116 e. The Balaban J connectivity index is 1.71. The number of nitrogens with zero attached hydrogens (tertiary/aromatic N) is 2. The van der Waals surface area contributed by atoms with Crippen molar-refractivity contribution in [1.29, 1.82) is 5.26 Å². The highest BCUT2D eigenvalue weighted by Gasteiger charge is 2.13. The Morgan fingerprint density at radius 1 is 1.12 bits per heavy atom. The van der Waals surface area contributed by atoms with Crippen molar-refractivity contribution >= 4 is 21.8 Å². The Kier molecular flexibility index (Phi) is 4.40. The van der Waals surface area contributed by atoms with Gasteiger partial charge in [-0.2, -0.15) is 10.4 Å². The lowest BCUT2D eigenvalue weighted by atomic mass is 10.1. The number of nitrogens with two attached hydrogens (primary N) is 1. The van der Waals surface area contributed by atoms with Gasteiger partial charge in [0.1, 0.15) is 5.69 Å². The van der Waals surface area contributed by atoms with Gasteiger partial charge >= 0.3 is 0 Å². The molecule has 0 fully saturated rings. The van der Waals surface area contributed by atoms with E-state index in [1.807, 2.05) is 18.2 Å². The average molecular weight is 344 g/mol. The van der Waals surface area contributed by atoms with Gasteiger partial charge in [-0.3, -0.25) is 5.10 Å². The molecule has 4 rings (SSSR count). The highest BCUT2D eigenvalue weighted by atomic mass is 15.1. The van der Waals surface area contributed by atoms with Crippen LogP contribution < -0.4 is 11.1 Å². The number of benzene rings is 2. The summed E-state index contributed by atoms with van der Waals surface area (Å²) in [7, 11) is 0. The molecule has 0 aliphatic carbocycles. The third kappa shape index (κ3) is 2.94. The second kappa shape index (κ2) is 7.00. The van der Waals surface area contributed by atoms with Crippen molar-refractivity contribution < 1.29 is 0 Å². The summed E-state index contributed by atoms with van der Waals surface area (Å²) in [5, 5.41) is 22.1. The second-order valence-corrected chi connectivity index (χ2v) is 6.32. The van der Waals surface area contributed by atoms with Crippen molar-refractivity contribution in [3.8, 4) is 17.5 Å². The molecule has 2 aromatic carbocycles. The summed E-state index contributed by atoms with van der Waals surface area (Å²) in [5.41, 5.74) is 11.2. The maximum Gasteiger partial charge on any atom is 0.116 e. The van der Waals surface area contributed by atoms with Crippen LogP contribution in [-0.2, 0) is 6.54 Å². The first-order valence-electron chi connectivity index (χ1n) is 8.70. The lowest BCUT2D eigenvalue weighted by Crippen LogP contribution is -2.17. The van der Waals surface area contributed by atoms with Crippen LogP contribution >= 0.6 is 0 Å². The zero-order valence-electron chi connectivity index (χ0n) is 14.3. The van der Waals surface area contributed by atoms with Crippen LogP contribution in [0.3, 0.4) is 0 Å². The fraction of sp³-hybridized carbons (Fsp3) is 0.200. The quantitative estimate of drug-likeness (QED) is 0.403. The summed E-state index contributed by atoms with van der Waals surface area (Å²) in [4.78, 5) is 3.47. The van der Waals surface area contributed by atoms with E-state index in [9.17, 15) is 0 Å². The van der Waals surface area contributed by atoms with Crippen molar-refractivity contribution in [3.63, 3.8) is 0 Å². The van der Waals surface area contributed by atoms with Gasteiger partial charge in [0, 0.05) is 22.8 Å². The second-order valence-electron chi connectivity index (χ2n) is 6.32. The summed E-state index contributed by atoms with van der Waals surface area (Å²) >= 11 is 0. The first kappa shape index (κ1) is 16.3. The minimum atomic E-state index is 0.621. The number of aromatic nitrogens is 3. The van der Waals surface area contributed by atoms with E-state index in [1.54, 1.807) is 0 Å². The van der Waals surface area contributed by atoms with Crippen molar-refractivity contribution in [2.24, 2.45) is 5.73 Å². The molecule has 0 spiro atoms. The molecule has 4 aromatic rings. The van der Waals surface area contributed by atoms with Gasteiger partial charge in [0.05, 0.1) is 22.8 Å². The van der Waals surface area contributed by atoms with Crippen molar-refractivity contribution in [3.05, 3.63) is 53.6 Å². The molecule has 130 valence electrons. The molecular weight excluding hydrogens is 324 g/mol. The van der Waals surface area contributed by atoms with Crippen LogP contribution in [0, 0.1) is 11.3 Å². The molecule has 6 heteroatoms. The van der Waals surface area contributed by atoms with E-state index in [4.69, 9.17) is 11.0 Å². The highest BCUT2D eigenvalue weighted by Crippen LogP contribution is 2.30. The van der Waals surface area contributed by atoms with E-state index in [0.29, 0.717) is 12.1 Å². The first-order valence-corrected chi connectivity index (χ1v) is 8.70. The van der Waals surface area contributed by atoms with Crippen LogP contribution in [0.4, 0.5) is 0 Å². The summed E-state index contributed by atoms with van der Waals surface area (Å²) in [5.74, 6) is 0. The Bertz CT molecular complexity index is 1100. The summed E-state index contributed by atoms with van der Waals surface area (Å²) in [6, 6.07) is 16.1. The molecular formula is C20H20N6. The highest BCUT2D eigenvalue weighted by molar-refractivity contribution is 5.96. The van der Waals surface area contributed by atoms with Crippen LogP contribution in [-0.4, -0.2) is 28.3 Å². The van der Waals surface area contributed by atoms with Crippen LogP contribution in [0.1, 0.15) is 17.5 Å². The normalized spacial score (nSPS) is 11.2. The number of rotatable bonds is 6. The van der Waals surface area contributed by atoms with Crippen LogP contribution in [0.2, 0.25) is 0 Å². The van der Waals surface area contributed by atoms with Gasteiger partial charge in [0.15, 0.2) is 0 Å². The maximum absolute atomic E-state index is 9.05. The molecule has 6 nitrogen and oxygen atoms in total. The summed E-state index contributed by atoms with van der Waals surface area (Å²) in [6.45, 7) is 2.42. The summed E-state index contributed by atoms with van der Waals surface area (Å²) in [6.07, 6.45) is 0.971. The Hall–Kier alpha value is -3.14. The molecule has 0 aliphatic rings. The predicted octanol–water partition coefficient (Wildman–Crippen LogP) is 3.02.